The van der Waals surface area contributed by atoms with Crippen LogP contribution in [0.2, 0.25) is 0 Å². The Bertz CT molecular complexity index is 1560. The van der Waals surface area contributed by atoms with Crippen LogP contribution in [0.1, 0.15) is 22.8 Å². The molecule has 4 aromatic rings. The van der Waals surface area contributed by atoms with Crippen molar-refractivity contribution >= 4 is 34.1 Å². The number of urea groups is 1. The molecular formula is C27H23F3N4O4. The zero-order valence-corrected chi connectivity index (χ0v) is 20.4. The summed E-state index contributed by atoms with van der Waals surface area (Å²) in [4.78, 5) is 42.0. The molecular weight excluding hydrogens is 501 g/mol. The third-order valence-corrected chi connectivity index (χ3v) is 5.73. The molecule has 1 aromatic heterocycles. The number of fused-ring (bicyclic) bond motifs is 1. The van der Waals surface area contributed by atoms with Crippen LogP contribution in [0, 0.1) is 0 Å². The zero-order chi connectivity index (χ0) is 27.4. The normalized spacial score (nSPS) is 11.4. The monoisotopic (exact) mass is 524 g/mol. The van der Waals surface area contributed by atoms with Crippen molar-refractivity contribution in [1.29, 1.82) is 0 Å². The van der Waals surface area contributed by atoms with Crippen LogP contribution >= 0.6 is 0 Å². The SMILES string of the molecule is COCCn1c(-c2ccc(C(F)(F)F)cc2)nc2ccc(NC(=O)Nc3cccc(C(C)=O)c3)cc2c1=O. The molecule has 3 aromatic carbocycles. The number of nitrogens with zero attached hydrogens (tertiary/aromatic N) is 2. The number of carbonyl (C=O) groups is 2. The van der Waals surface area contributed by atoms with Crippen LogP contribution in [0.4, 0.5) is 29.3 Å². The molecule has 0 bridgehead atoms. The Morgan fingerprint density at radius 2 is 1.66 bits per heavy atom. The van der Waals surface area contributed by atoms with E-state index in [1.54, 1.807) is 30.3 Å². The van der Waals surface area contributed by atoms with E-state index in [1.807, 2.05) is 0 Å². The van der Waals surface area contributed by atoms with E-state index in [0.717, 1.165) is 12.1 Å². The second-order valence-corrected chi connectivity index (χ2v) is 8.41. The van der Waals surface area contributed by atoms with E-state index in [2.05, 4.69) is 15.6 Å². The number of methoxy groups -OCH3 is 1. The lowest BCUT2D eigenvalue weighted by atomic mass is 10.1. The minimum atomic E-state index is -4.49. The van der Waals surface area contributed by atoms with E-state index < -0.39 is 23.3 Å². The maximum atomic E-state index is 13.4. The van der Waals surface area contributed by atoms with Crippen LogP contribution in [0.15, 0.2) is 71.5 Å². The second kappa shape index (κ2) is 10.9. The lowest BCUT2D eigenvalue weighted by Crippen LogP contribution is -2.26. The molecule has 0 aliphatic heterocycles. The fraction of sp³-hybridized carbons (Fsp3) is 0.185. The summed E-state index contributed by atoms with van der Waals surface area (Å²) in [5.41, 5.74) is 0.564. The molecule has 0 unspecified atom stereocenters. The maximum Gasteiger partial charge on any atom is 0.416 e. The Morgan fingerprint density at radius 3 is 2.29 bits per heavy atom. The van der Waals surface area contributed by atoms with Gasteiger partial charge in [0.2, 0.25) is 0 Å². The molecule has 8 nitrogen and oxygen atoms in total. The highest BCUT2D eigenvalue weighted by molar-refractivity contribution is 6.02. The lowest BCUT2D eigenvalue weighted by Gasteiger charge is -2.15. The highest BCUT2D eigenvalue weighted by Gasteiger charge is 2.30. The third-order valence-electron chi connectivity index (χ3n) is 5.73. The summed E-state index contributed by atoms with van der Waals surface area (Å²) in [6.45, 7) is 1.70. The molecule has 0 fully saturated rings. The van der Waals surface area contributed by atoms with Crippen LogP contribution in [0.5, 0.6) is 0 Å². The molecule has 2 amide bonds. The van der Waals surface area contributed by atoms with Crippen molar-refractivity contribution < 1.29 is 27.5 Å². The maximum absolute atomic E-state index is 13.4. The van der Waals surface area contributed by atoms with Gasteiger partial charge in [0.1, 0.15) is 5.82 Å². The third kappa shape index (κ3) is 5.89. The largest absolute Gasteiger partial charge is 0.416 e. The summed E-state index contributed by atoms with van der Waals surface area (Å²) in [5.74, 6) is 0.0496. The summed E-state index contributed by atoms with van der Waals surface area (Å²) < 4.78 is 45.4. The van der Waals surface area contributed by atoms with E-state index in [0.29, 0.717) is 28.0 Å². The topological polar surface area (TPSA) is 102 Å². The number of ketones is 1. The Hall–Kier alpha value is -4.51. The van der Waals surface area contributed by atoms with Crippen molar-refractivity contribution in [2.45, 2.75) is 19.6 Å². The number of amides is 2. The second-order valence-electron chi connectivity index (χ2n) is 8.41. The first kappa shape index (κ1) is 26.6. The first-order valence-corrected chi connectivity index (χ1v) is 11.5. The molecule has 0 aliphatic rings. The number of rotatable bonds is 7. The molecule has 0 aliphatic carbocycles. The van der Waals surface area contributed by atoms with E-state index in [4.69, 9.17) is 4.74 Å². The molecule has 196 valence electrons. The molecule has 38 heavy (non-hydrogen) atoms. The quantitative estimate of drug-likeness (QED) is 0.308. The molecule has 4 rings (SSSR count). The summed E-state index contributed by atoms with van der Waals surface area (Å²) in [6, 6.07) is 14.8. The number of alkyl halides is 3. The van der Waals surface area contributed by atoms with E-state index >= 15 is 0 Å². The fourth-order valence-corrected chi connectivity index (χ4v) is 3.83. The van der Waals surface area contributed by atoms with Gasteiger partial charge in [0.05, 0.1) is 29.6 Å². The number of carbonyl (C=O) groups excluding carboxylic acids is 2. The van der Waals surface area contributed by atoms with E-state index in [1.165, 1.54) is 42.9 Å². The van der Waals surface area contributed by atoms with Crippen LogP contribution < -0.4 is 16.2 Å². The van der Waals surface area contributed by atoms with Gasteiger partial charge in [-0.1, -0.05) is 24.3 Å². The number of nitrogens with one attached hydrogen (secondary N) is 2. The van der Waals surface area contributed by atoms with Gasteiger partial charge < -0.3 is 15.4 Å². The number of ether oxygens (including phenoxy) is 1. The van der Waals surface area contributed by atoms with Gasteiger partial charge in [-0.3, -0.25) is 14.2 Å². The van der Waals surface area contributed by atoms with Crippen LogP contribution in [-0.4, -0.2) is 35.1 Å². The highest BCUT2D eigenvalue weighted by atomic mass is 19.4. The van der Waals surface area contributed by atoms with Gasteiger partial charge in [-0.05, 0) is 49.4 Å². The number of hydrogen-bond acceptors (Lipinski definition) is 5. The first-order valence-electron chi connectivity index (χ1n) is 11.5. The van der Waals surface area contributed by atoms with Gasteiger partial charge >= 0.3 is 12.2 Å². The summed E-state index contributed by atoms with van der Waals surface area (Å²) in [6.07, 6.45) is -4.49. The van der Waals surface area contributed by atoms with Crippen molar-refractivity contribution in [3.05, 3.63) is 88.2 Å². The highest BCUT2D eigenvalue weighted by Crippen LogP contribution is 2.31. The van der Waals surface area contributed by atoms with E-state index in [-0.39, 0.29) is 30.1 Å². The summed E-state index contributed by atoms with van der Waals surface area (Å²) in [7, 11) is 1.46. The average molecular weight is 524 g/mol. The number of halogens is 3. The molecule has 2 N–H and O–H groups in total. The standard InChI is InChI=1S/C27H23F3N4O4/c1-16(35)18-4-3-5-20(14-18)31-26(37)32-21-10-11-23-22(15-21)25(36)34(12-13-38-2)24(33-23)17-6-8-19(9-7-17)27(28,29)30/h3-11,14-15H,12-13H2,1-2H3,(H2,31,32,37). The first-order chi connectivity index (χ1) is 18.1. The van der Waals surface area contributed by atoms with E-state index in [9.17, 15) is 27.6 Å². The minimum absolute atomic E-state index is 0.110. The number of Topliss-reactive ketones (excluding diaryl/α,β-unsaturated/α-hetero) is 1. The Morgan fingerprint density at radius 1 is 0.974 bits per heavy atom. The summed E-state index contributed by atoms with van der Waals surface area (Å²) in [5, 5.41) is 5.48. The summed E-state index contributed by atoms with van der Waals surface area (Å²) >= 11 is 0. The van der Waals surface area contributed by atoms with Crippen molar-refractivity contribution in [3.63, 3.8) is 0 Å². The van der Waals surface area contributed by atoms with Crippen molar-refractivity contribution in [2.24, 2.45) is 0 Å². The number of aromatic nitrogens is 2. The van der Waals surface area contributed by atoms with Crippen molar-refractivity contribution in [3.8, 4) is 11.4 Å². The van der Waals surface area contributed by atoms with Crippen LogP contribution in [0.3, 0.4) is 0 Å². The van der Waals surface area contributed by atoms with Crippen LogP contribution in [-0.2, 0) is 17.5 Å². The molecule has 0 saturated carbocycles. The van der Waals surface area contributed by atoms with Gasteiger partial charge in [0.15, 0.2) is 5.78 Å². The fourth-order valence-electron chi connectivity index (χ4n) is 3.83. The minimum Gasteiger partial charge on any atom is -0.383 e. The lowest BCUT2D eigenvalue weighted by molar-refractivity contribution is -0.137. The molecule has 1 heterocycles. The molecule has 0 atom stereocenters. The van der Waals surface area contributed by atoms with Gasteiger partial charge in [0.25, 0.3) is 5.56 Å². The van der Waals surface area contributed by atoms with Gasteiger partial charge in [-0.25, -0.2) is 9.78 Å². The molecule has 0 saturated heterocycles. The van der Waals surface area contributed by atoms with Gasteiger partial charge in [0, 0.05) is 29.6 Å². The number of benzene rings is 3. The zero-order valence-electron chi connectivity index (χ0n) is 20.4. The molecule has 0 radical (unpaired) electrons. The van der Waals surface area contributed by atoms with Gasteiger partial charge in [-0.2, -0.15) is 13.2 Å². The predicted molar refractivity (Wildman–Crippen MR) is 137 cm³/mol. The predicted octanol–water partition coefficient (Wildman–Crippen LogP) is 5.58. The van der Waals surface area contributed by atoms with Crippen molar-refractivity contribution in [1.82, 2.24) is 9.55 Å². The Kier molecular flexibility index (Phi) is 7.58. The van der Waals surface area contributed by atoms with Gasteiger partial charge in [-0.15, -0.1) is 0 Å². The smallest absolute Gasteiger partial charge is 0.383 e. The number of hydrogen-bond donors (Lipinski definition) is 2. The van der Waals surface area contributed by atoms with Crippen LogP contribution in [0.25, 0.3) is 22.3 Å². The van der Waals surface area contributed by atoms with Crippen molar-refractivity contribution in [2.75, 3.05) is 24.4 Å². The Balaban J connectivity index is 1.66. The molecule has 0 spiro atoms. The Labute approximate surface area is 215 Å². The average Bonchev–Trinajstić information content (AvgIpc) is 2.88. The number of anilines is 2. The molecule has 11 heteroatoms.